The first-order valence-electron chi connectivity index (χ1n) is 7.74. The van der Waals surface area contributed by atoms with E-state index in [2.05, 4.69) is 18.8 Å². The van der Waals surface area contributed by atoms with Crippen molar-refractivity contribution in [2.24, 2.45) is 4.99 Å². The van der Waals surface area contributed by atoms with Crippen LogP contribution in [0.25, 0.3) is 0 Å². The third-order valence-electron chi connectivity index (χ3n) is 4.24. The third kappa shape index (κ3) is 3.48. The number of amides is 1. The lowest BCUT2D eigenvalue weighted by atomic mass is 10.0. The number of sulfone groups is 1. The molecule has 8 heteroatoms. The van der Waals surface area contributed by atoms with Crippen molar-refractivity contribution in [1.29, 1.82) is 0 Å². The van der Waals surface area contributed by atoms with E-state index in [4.69, 9.17) is 11.6 Å². The first kappa shape index (κ1) is 17.8. The quantitative estimate of drug-likeness (QED) is 0.747. The lowest BCUT2D eigenvalue weighted by molar-refractivity contribution is -0.115. The van der Waals surface area contributed by atoms with Crippen molar-refractivity contribution in [3.05, 3.63) is 29.8 Å². The summed E-state index contributed by atoms with van der Waals surface area (Å²) in [6, 6.07) is 7.80. The number of alkyl halides is 1. The Balaban J connectivity index is 1.98. The Bertz CT molecular complexity index is 775. The molecule has 0 aromatic heterocycles. The zero-order valence-electron chi connectivity index (χ0n) is 13.5. The Morgan fingerprint density at radius 3 is 2.58 bits per heavy atom. The molecular formula is C16H19ClN2O3S2. The van der Waals surface area contributed by atoms with Gasteiger partial charge < -0.3 is 4.90 Å². The van der Waals surface area contributed by atoms with Crippen LogP contribution in [0, 0.1) is 0 Å². The predicted molar refractivity (Wildman–Crippen MR) is 100.0 cm³/mol. The Labute approximate surface area is 151 Å². The van der Waals surface area contributed by atoms with Crippen LogP contribution in [0.15, 0.2) is 29.3 Å². The average Bonchev–Trinajstić information content (AvgIpc) is 2.98. The Kier molecular flexibility index (Phi) is 4.95. The molecule has 0 unspecified atom stereocenters. The number of anilines is 1. The van der Waals surface area contributed by atoms with Crippen molar-refractivity contribution in [3.8, 4) is 0 Å². The summed E-state index contributed by atoms with van der Waals surface area (Å²) in [5.41, 5.74) is 2.06. The molecule has 0 bridgehead atoms. The lowest BCUT2D eigenvalue weighted by Gasteiger charge is -2.25. The normalized spacial score (nSPS) is 27.0. The second kappa shape index (κ2) is 6.69. The van der Waals surface area contributed by atoms with Gasteiger partial charge in [-0.05, 0) is 23.6 Å². The Morgan fingerprint density at radius 1 is 1.33 bits per heavy atom. The van der Waals surface area contributed by atoms with Gasteiger partial charge in [0, 0.05) is 10.9 Å². The van der Waals surface area contributed by atoms with E-state index in [1.54, 1.807) is 0 Å². The van der Waals surface area contributed by atoms with Gasteiger partial charge in [0.25, 0.3) is 5.91 Å². The van der Waals surface area contributed by atoms with Crippen LogP contribution < -0.4 is 4.90 Å². The molecule has 5 nitrogen and oxygen atoms in total. The van der Waals surface area contributed by atoms with Gasteiger partial charge in [-0.2, -0.15) is 4.99 Å². The minimum atomic E-state index is -3.05. The molecule has 24 heavy (non-hydrogen) atoms. The van der Waals surface area contributed by atoms with Crippen LogP contribution in [0.5, 0.6) is 0 Å². The van der Waals surface area contributed by atoms with Crippen LogP contribution >= 0.6 is 23.4 Å². The molecule has 130 valence electrons. The summed E-state index contributed by atoms with van der Waals surface area (Å²) in [4.78, 5) is 17.6. The molecule has 0 saturated carbocycles. The van der Waals surface area contributed by atoms with E-state index in [1.165, 1.54) is 17.3 Å². The molecule has 1 amide bonds. The van der Waals surface area contributed by atoms with Crippen LogP contribution in [-0.2, 0) is 14.6 Å². The van der Waals surface area contributed by atoms with Crippen LogP contribution in [0.1, 0.15) is 25.3 Å². The molecule has 3 rings (SSSR count). The summed E-state index contributed by atoms with van der Waals surface area (Å²) in [5, 5.41) is 0.449. The molecular weight excluding hydrogens is 368 g/mol. The van der Waals surface area contributed by atoms with Crippen molar-refractivity contribution in [1.82, 2.24) is 0 Å². The molecule has 0 aliphatic carbocycles. The van der Waals surface area contributed by atoms with E-state index in [-0.39, 0.29) is 28.7 Å². The maximum Gasteiger partial charge on any atom is 0.262 e. The van der Waals surface area contributed by atoms with E-state index in [0.717, 1.165) is 5.69 Å². The van der Waals surface area contributed by atoms with Crippen molar-refractivity contribution < 1.29 is 13.2 Å². The predicted octanol–water partition coefficient (Wildman–Crippen LogP) is 2.65. The summed E-state index contributed by atoms with van der Waals surface area (Å²) in [5.74, 6) is 0.0304. The summed E-state index contributed by atoms with van der Waals surface area (Å²) in [6.07, 6.45) is 0. The number of hydrogen-bond donors (Lipinski definition) is 0. The minimum Gasteiger partial charge on any atom is -0.316 e. The van der Waals surface area contributed by atoms with Crippen LogP contribution in [0.4, 0.5) is 5.69 Å². The lowest BCUT2D eigenvalue weighted by Crippen LogP contribution is -2.37. The molecule has 0 spiro atoms. The number of fused-ring (bicyclic) bond motifs is 1. The van der Waals surface area contributed by atoms with E-state index in [1.807, 2.05) is 29.2 Å². The van der Waals surface area contributed by atoms with Gasteiger partial charge in [0.05, 0.1) is 17.5 Å². The van der Waals surface area contributed by atoms with Gasteiger partial charge in [-0.25, -0.2) is 8.42 Å². The first-order valence-corrected chi connectivity index (χ1v) is 11.0. The fourth-order valence-electron chi connectivity index (χ4n) is 3.02. The number of benzene rings is 1. The second-order valence-electron chi connectivity index (χ2n) is 6.34. The van der Waals surface area contributed by atoms with E-state index >= 15 is 0 Å². The van der Waals surface area contributed by atoms with Crippen LogP contribution in [0.3, 0.4) is 0 Å². The molecule has 2 heterocycles. The van der Waals surface area contributed by atoms with Crippen molar-refractivity contribution >= 4 is 50.0 Å². The SMILES string of the molecule is CC(C)c1ccc(N2C(=NC(=O)CCl)S[C@@H]3CS(=O)(=O)C[C@@H]32)cc1. The van der Waals surface area contributed by atoms with Gasteiger partial charge in [0.1, 0.15) is 5.88 Å². The van der Waals surface area contributed by atoms with Crippen LogP contribution in [0.2, 0.25) is 0 Å². The largest absolute Gasteiger partial charge is 0.316 e. The first-order chi connectivity index (χ1) is 11.3. The number of rotatable bonds is 3. The fraction of sp³-hybridized carbons (Fsp3) is 0.500. The number of carbonyl (C=O) groups excluding carboxylic acids is 1. The number of hydrogen-bond acceptors (Lipinski definition) is 4. The van der Waals surface area contributed by atoms with Crippen molar-refractivity contribution in [2.75, 3.05) is 22.3 Å². The van der Waals surface area contributed by atoms with Crippen molar-refractivity contribution in [3.63, 3.8) is 0 Å². The number of aliphatic imine (C=N–C) groups is 1. The minimum absolute atomic E-state index is 0.0880. The topological polar surface area (TPSA) is 66.8 Å². The second-order valence-corrected chi connectivity index (χ2v) is 9.97. The smallest absolute Gasteiger partial charge is 0.262 e. The molecule has 1 aromatic rings. The van der Waals surface area contributed by atoms with Crippen molar-refractivity contribution in [2.45, 2.75) is 31.1 Å². The zero-order chi connectivity index (χ0) is 17.5. The molecule has 2 saturated heterocycles. The highest BCUT2D eigenvalue weighted by molar-refractivity contribution is 8.16. The molecule has 0 radical (unpaired) electrons. The molecule has 2 atom stereocenters. The van der Waals surface area contributed by atoms with Crippen LogP contribution in [-0.4, -0.2) is 48.2 Å². The highest BCUT2D eigenvalue weighted by atomic mass is 35.5. The maximum absolute atomic E-state index is 12.0. The van der Waals surface area contributed by atoms with Gasteiger partial charge in [-0.3, -0.25) is 4.79 Å². The van der Waals surface area contributed by atoms with E-state index < -0.39 is 15.7 Å². The molecule has 0 N–H and O–H groups in total. The maximum atomic E-state index is 12.0. The number of halogens is 1. The zero-order valence-corrected chi connectivity index (χ0v) is 15.9. The summed E-state index contributed by atoms with van der Waals surface area (Å²) in [7, 11) is -3.05. The third-order valence-corrected chi connectivity index (χ3v) is 7.68. The summed E-state index contributed by atoms with van der Waals surface area (Å²) >= 11 is 6.92. The Hall–Kier alpha value is -1.05. The van der Waals surface area contributed by atoms with Gasteiger partial charge in [-0.15, -0.1) is 11.6 Å². The van der Waals surface area contributed by atoms with Gasteiger partial charge in [0.15, 0.2) is 15.0 Å². The molecule has 1 aromatic carbocycles. The molecule has 2 aliphatic rings. The summed E-state index contributed by atoms with van der Waals surface area (Å²) < 4.78 is 24.0. The highest BCUT2D eigenvalue weighted by Gasteiger charge is 2.49. The summed E-state index contributed by atoms with van der Waals surface area (Å²) in [6.45, 7) is 4.23. The molecule has 2 aliphatic heterocycles. The number of thioether (sulfide) groups is 1. The highest BCUT2D eigenvalue weighted by Crippen LogP contribution is 2.41. The van der Waals surface area contributed by atoms with E-state index in [0.29, 0.717) is 11.1 Å². The standard InChI is InChI=1S/C16H19ClN2O3S2/c1-10(2)11-3-5-12(6-4-11)19-13-8-24(21,22)9-14(13)23-16(19)18-15(20)7-17/h3-6,10,13-14H,7-9H2,1-2H3/t13-,14+/m0/s1. The van der Waals surface area contributed by atoms with Gasteiger partial charge >= 0.3 is 0 Å². The van der Waals surface area contributed by atoms with E-state index in [9.17, 15) is 13.2 Å². The number of amidine groups is 1. The Morgan fingerprint density at radius 2 is 2.00 bits per heavy atom. The monoisotopic (exact) mass is 386 g/mol. The van der Waals surface area contributed by atoms with Gasteiger partial charge in [-0.1, -0.05) is 37.7 Å². The van der Waals surface area contributed by atoms with Gasteiger partial charge in [0.2, 0.25) is 0 Å². The fourth-order valence-corrected chi connectivity index (χ4v) is 7.01. The number of carbonyl (C=O) groups is 1. The number of nitrogens with zero attached hydrogens (tertiary/aromatic N) is 2. The average molecular weight is 387 g/mol. The molecule has 2 fully saturated rings.